The summed E-state index contributed by atoms with van der Waals surface area (Å²) in [5.41, 5.74) is 2.13. The van der Waals surface area contributed by atoms with Crippen LogP contribution in [-0.4, -0.2) is 5.91 Å². The number of anilines is 1. The zero-order chi connectivity index (χ0) is 10.1. The molecule has 0 bridgehead atoms. The molecule has 2 nitrogen and oxygen atoms in total. The number of benzene rings is 1. The van der Waals surface area contributed by atoms with Crippen molar-refractivity contribution in [2.45, 2.75) is 13.8 Å². The minimum atomic E-state index is -0.0303. The third kappa shape index (κ3) is 1.63. The van der Waals surface area contributed by atoms with E-state index in [9.17, 15) is 4.79 Å². The molecule has 0 saturated carbocycles. The number of aryl methyl sites for hydroxylation is 1. The number of carbonyl (C=O) groups is 1. The molecule has 1 amide bonds. The maximum absolute atomic E-state index is 10.9. The van der Waals surface area contributed by atoms with Crippen molar-refractivity contribution in [2.75, 3.05) is 5.32 Å². The highest BCUT2D eigenvalue weighted by atomic mass is 32.1. The van der Waals surface area contributed by atoms with Gasteiger partial charge in [0.2, 0.25) is 5.91 Å². The lowest BCUT2D eigenvalue weighted by Gasteiger charge is -2.01. The van der Waals surface area contributed by atoms with E-state index in [1.165, 1.54) is 22.6 Å². The highest BCUT2D eigenvalue weighted by Gasteiger charge is 2.01. The second-order valence-corrected chi connectivity index (χ2v) is 4.22. The van der Waals surface area contributed by atoms with Gasteiger partial charge in [-0.05, 0) is 41.5 Å². The van der Waals surface area contributed by atoms with Crippen molar-refractivity contribution in [2.24, 2.45) is 0 Å². The molecule has 1 N–H and O–H groups in total. The van der Waals surface area contributed by atoms with Crippen LogP contribution >= 0.6 is 11.3 Å². The van der Waals surface area contributed by atoms with Gasteiger partial charge in [0.1, 0.15) is 0 Å². The number of hydrogen-bond donors (Lipinski definition) is 1. The van der Waals surface area contributed by atoms with Crippen LogP contribution in [0.5, 0.6) is 0 Å². The second-order valence-electron chi connectivity index (χ2n) is 3.31. The predicted octanol–water partition coefficient (Wildman–Crippen LogP) is 3.17. The Hall–Kier alpha value is -1.35. The SMILES string of the molecule is CC(=O)Nc1ccc2scc(C)c2c1. The first-order valence-corrected chi connectivity index (χ1v) is 5.30. The van der Waals surface area contributed by atoms with Crippen LogP contribution < -0.4 is 5.32 Å². The van der Waals surface area contributed by atoms with Crippen LogP contribution in [0, 0.1) is 6.92 Å². The molecule has 0 atom stereocenters. The zero-order valence-corrected chi connectivity index (χ0v) is 8.94. The Kier molecular flexibility index (Phi) is 2.25. The van der Waals surface area contributed by atoms with Crippen molar-refractivity contribution >= 4 is 33.0 Å². The smallest absolute Gasteiger partial charge is 0.221 e. The monoisotopic (exact) mass is 205 g/mol. The molecule has 0 unspecified atom stereocenters. The van der Waals surface area contributed by atoms with Crippen LogP contribution in [0.4, 0.5) is 5.69 Å². The van der Waals surface area contributed by atoms with Crippen molar-refractivity contribution in [3.05, 3.63) is 29.1 Å². The van der Waals surface area contributed by atoms with E-state index in [2.05, 4.69) is 17.6 Å². The lowest BCUT2D eigenvalue weighted by molar-refractivity contribution is -0.114. The van der Waals surface area contributed by atoms with E-state index < -0.39 is 0 Å². The molecule has 1 heterocycles. The minimum absolute atomic E-state index is 0.0303. The number of thiophene rings is 1. The van der Waals surface area contributed by atoms with E-state index in [0.717, 1.165) is 5.69 Å². The third-order valence-electron chi connectivity index (χ3n) is 2.09. The van der Waals surface area contributed by atoms with Gasteiger partial charge < -0.3 is 5.32 Å². The molecule has 14 heavy (non-hydrogen) atoms. The molecule has 0 aliphatic carbocycles. The van der Waals surface area contributed by atoms with Crippen molar-refractivity contribution in [1.29, 1.82) is 0 Å². The molecule has 0 spiro atoms. The zero-order valence-electron chi connectivity index (χ0n) is 8.13. The van der Waals surface area contributed by atoms with Gasteiger partial charge in [0.15, 0.2) is 0 Å². The Morgan fingerprint density at radius 2 is 2.21 bits per heavy atom. The predicted molar refractivity (Wildman–Crippen MR) is 60.9 cm³/mol. The highest BCUT2D eigenvalue weighted by Crippen LogP contribution is 2.27. The average Bonchev–Trinajstić information content (AvgIpc) is 2.47. The molecule has 2 aromatic rings. The largest absolute Gasteiger partial charge is 0.326 e. The Balaban J connectivity index is 2.49. The molecule has 1 aromatic heterocycles. The summed E-state index contributed by atoms with van der Waals surface area (Å²) >= 11 is 1.73. The Labute approximate surface area is 86.6 Å². The minimum Gasteiger partial charge on any atom is -0.326 e. The van der Waals surface area contributed by atoms with Crippen molar-refractivity contribution in [3.63, 3.8) is 0 Å². The maximum atomic E-state index is 10.9. The third-order valence-corrected chi connectivity index (χ3v) is 3.17. The van der Waals surface area contributed by atoms with Crippen molar-refractivity contribution < 1.29 is 4.79 Å². The van der Waals surface area contributed by atoms with E-state index in [-0.39, 0.29) is 5.91 Å². The molecule has 0 radical (unpaired) electrons. The van der Waals surface area contributed by atoms with E-state index in [1.807, 2.05) is 18.2 Å². The van der Waals surface area contributed by atoms with Crippen molar-refractivity contribution in [3.8, 4) is 0 Å². The summed E-state index contributed by atoms with van der Waals surface area (Å²) in [7, 11) is 0. The molecule has 72 valence electrons. The Bertz CT molecular complexity index is 487. The number of amides is 1. The van der Waals surface area contributed by atoms with Gasteiger partial charge in [-0.25, -0.2) is 0 Å². The quantitative estimate of drug-likeness (QED) is 0.761. The highest BCUT2D eigenvalue weighted by molar-refractivity contribution is 7.17. The number of fused-ring (bicyclic) bond motifs is 1. The van der Waals surface area contributed by atoms with Gasteiger partial charge in [-0.2, -0.15) is 0 Å². The average molecular weight is 205 g/mol. The summed E-state index contributed by atoms with van der Waals surface area (Å²) in [4.78, 5) is 10.9. The van der Waals surface area contributed by atoms with Crippen molar-refractivity contribution in [1.82, 2.24) is 0 Å². The Morgan fingerprint density at radius 1 is 1.43 bits per heavy atom. The van der Waals surface area contributed by atoms with Gasteiger partial charge in [-0.15, -0.1) is 11.3 Å². The molecule has 2 rings (SSSR count). The molecule has 0 aliphatic rings. The van der Waals surface area contributed by atoms with E-state index >= 15 is 0 Å². The summed E-state index contributed by atoms with van der Waals surface area (Å²) in [6, 6.07) is 5.99. The van der Waals surface area contributed by atoms with Gasteiger partial charge >= 0.3 is 0 Å². The topological polar surface area (TPSA) is 29.1 Å². The van der Waals surface area contributed by atoms with Gasteiger partial charge in [0, 0.05) is 17.3 Å². The van der Waals surface area contributed by atoms with Crippen LogP contribution in [0.25, 0.3) is 10.1 Å². The fourth-order valence-electron chi connectivity index (χ4n) is 1.44. The van der Waals surface area contributed by atoms with Crippen LogP contribution in [0.15, 0.2) is 23.6 Å². The molecular formula is C11H11NOS. The number of hydrogen-bond acceptors (Lipinski definition) is 2. The first-order chi connectivity index (χ1) is 6.66. The van der Waals surface area contributed by atoms with Crippen LogP contribution in [0.2, 0.25) is 0 Å². The molecule has 0 aliphatic heterocycles. The lowest BCUT2D eigenvalue weighted by Crippen LogP contribution is -2.05. The van der Waals surface area contributed by atoms with Crippen LogP contribution in [-0.2, 0) is 4.79 Å². The first kappa shape index (κ1) is 9.21. The second kappa shape index (κ2) is 3.42. The molecule has 0 saturated heterocycles. The summed E-state index contributed by atoms with van der Waals surface area (Å²) in [5.74, 6) is -0.0303. The van der Waals surface area contributed by atoms with Crippen LogP contribution in [0.1, 0.15) is 12.5 Å². The fraction of sp³-hybridized carbons (Fsp3) is 0.182. The van der Waals surface area contributed by atoms with E-state index in [1.54, 1.807) is 11.3 Å². The van der Waals surface area contributed by atoms with Gasteiger partial charge in [-0.3, -0.25) is 4.79 Å². The van der Waals surface area contributed by atoms with Gasteiger partial charge in [0.05, 0.1) is 0 Å². The lowest BCUT2D eigenvalue weighted by atomic mass is 10.2. The first-order valence-electron chi connectivity index (χ1n) is 4.42. The molecule has 0 fully saturated rings. The number of carbonyl (C=O) groups excluding carboxylic acids is 1. The van der Waals surface area contributed by atoms with Crippen LogP contribution in [0.3, 0.4) is 0 Å². The molecule has 1 aromatic carbocycles. The molecular weight excluding hydrogens is 194 g/mol. The van der Waals surface area contributed by atoms with Gasteiger partial charge in [-0.1, -0.05) is 0 Å². The summed E-state index contributed by atoms with van der Waals surface area (Å²) in [5, 5.41) is 6.13. The number of rotatable bonds is 1. The summed E-state index contributed by atoms with van der Waals surface area (Å²) < 4.78 is 1.26. The van der Waals surface area contributed by atoms with E-state index in [0.29, 0.717) is 0 Å². The standard InChI is InChI=1S/C11H11NOS/c1-7-6-14-11-4-3-9(5-10(7)11)12-8(2)13/h3-6H,1-2H3,(H,12,13). The fourth-order valence-corrected chi connectivity index (χ4v) is 2.36. The van der Waals surface area contributed by atoms with Gasteiger partial charge in [0.25, 0.3) is 0 Å². The maximum Gasteiger partial charge on any atom is 0.221 e. The number of nitrogens with one attached hydrogen (secondary N) is 1. The summed E-state index contributed by atoms with van der Waals surface area (Å²) in [6.45, 7) is 3.60. The Morgan fingerprint density at radius 3 is 2.93 bits per heavy atom. The van der Waals surface area contributed by atoms with E-state index in [4.69, 9.17) is 0 Å². The normalized spacial score (nSPS) is 10.4. The molecule has 3 heteroatoms. The summed E-state index contributed by atoms with van der Waals surface area (Å²) in [6.07, 6.45) is 0.